The van der Waals surface area contributed by atoms with Gasteiger partial charge in [-0.1, -0.05) is 0 Å². The van der Waals surface area contributed by atoms with Crippen molar-refractivity contribution in [3.63, 3.8) is 0 Å². The second-order valence-corrected chi connectivity index (χ2v) is 8.47. The predicted octanol–water partition coefficient (Wildman–Crippen LogP) is 2.73. The van der Waals surface area contributed by atoms with Crippen molar-refractivity contribution in [2.45, 2.75) is 31.9 Å². The summed E-state index contributed by atoms with van der Waals surface area (Å²) in [7, 11) is 0. The van der Waals surface area contributed by atoms with E-state index in [1.165, 1.54) is 6.20 Å². The molecule has 1 fully saturated rings. The Morgan fingerprint density at radius 3 is 2.47 bits per heavy atom. The summed E-state index contributed by atoms with van der Waals surface area (Å²) in [6.07, 6.45) is -0.0832. The summed E-state index contributed by atoms with van der Waals surface area (Å²) < 4.78 is 45.3. The van der Waals surface area contributed by atoms with Crippen LogP contribution in [0.3, 0.4) is 0 Å². The summed E-state index contributed by atoms with van der Waals surface area (Å²) >= 11 is 0. The van der Waals surface area contributed by atoms with Crippen molar-refractivity contribution in [3.05, 3.63) is 53.4 Å². The highest BCUT2D eigenvalue weighted by molar-refractivity contribution is 6.05. The van der Waals surface area contributed by atoms with E-state index < -0.39 is 24.0 Å². The molecule has 0 radical (unpaired) electrons. The minimum Gasteiger partial charge on any atom is -0.478 e. The number of rotatable bonds is 5. The molecule has 2 aliphatic rings. The summed E-state index contributed by atoms with van der Waals surface area (Å²) in [6, 6.07) is 4.86. The number of fused-ring (bicyclic) bond motifs is 1. The number of carbonyl (C=O) groups excluding carboxylic acids is 1. The van der Waals surface area contributed by atoms with E-state index in [0.29, 0.717) is 74.1 Å². The van der Waals surface area contributed by atoms with Crippen LogP contribution in [0.25, 0.3) is 0 Å². The van der Waals surface area contributed by atoms with E-state index >= 15 is 0 Å². The molecule has 4 rings (SSSR count). The number of aromatic nitrogens is 3. The molecule has 0 spiro atoms. The maximum Gasteiger partial charge on any atom is 0.393 e. The molecule has 4 heterocycles. The molecule has 2 aromatic heterocycles. The average Bonchev–Trinajstić information content (AvgIpc) is 3.13. The van der Waals surface area contributed by atoms with Gasteiger partial charge in [-0.2, -0.15) is 18.3 Å². The van der Waals surface area contributed by atoms with E-state index in [0.717, 1.165) is 5.56 Å². The highest BCUT2D eigenvalue weighted by Gasteiger charge is 2.42. The summed E-state index contributed by atoms with van der Waals surface area (Å²) in [5.74, 6) is -3.60. The van der Waals surface area contributed by atoms with Crippen LogP contribution in [0, 0.1) is 5.92 Å². The number of ether oxygens (including phenoxy) is 1. The maximum atomic E-state index is 13.3. The van der Waals surface area contributed by atoms with Crippen molar-refractivity contribution < 1.29 is 42.5 Å². The van der Waals surface area contributed by atoms with Crippen molar-refractivity contribution in [3.8, 4) is 0 Å². The lowest BCUT2D eigenvalue weighted by Gasteiger charge is -2.35. The Morgan fingerprint density at radius 1 is 1.13 bits per heavy atom. The van der Waals surface area contributed by atoms with Gasteiger partial charge in [-0.15, -0.1) is 5.10 Å². The number of nitrogens with one attached hydrogen (secondary N) is 1. The van der Waals surface area contributed by atoms with E-state index in [1.807, 2.05) is 0 Å². The zero-order chi connectivity index (χ0) is 27.7. The van der Waals surface area contributed by atoms with Crippen LogP contribution in [0.4, 0.5) is 24.8 Å². The fraction of sp³-hybridized carbons (Fsp3) is 0.417. The number of pyridine rings is 1. The number of carbonyl (C=O) groups is 3. The summed E-state index contributed by atoms with van der Waals surface area (Å²) in [5.41, 5.74) is 1.85. The summed E-state index contributed by atoms with van der Waals surface area (Å²) in [6.45, 7) is 1.23. The highest BCUT2D eigenvalue weighted by atomic mass is 19.4. The Morgan fingerprint density at radius 2 is 1.84 bits per heavy atom. The number of amides is 1. The normalized spacial score (nSPS) is 17.6. The number of anilines is 2. The molecule has 3 N–H and O–H groups in total. The molecule has 14 heteroatoms. The van der Waals surface area contributed by atoms with Crippen molar-refractivity contribution in [1.29, 1.82) is 0 Å². The van der Waals surface area contributed by atoms with Crippen LogP contribution in [-0.2, 0) is 27.2 Å². The standard InChI is InChI=1S/C20H22F3N5O2.C4H4O4/c21-20(22,23)13-3-2-8-28(12-13)18-11-15(14-5-9-30-10-6-16(14)25-18)19(29)26-17-4-1-7-24-27-17;5-3(6)1-2-4(7)8/h1,4,7,11,13H,2-3,5-6,8-10,12H2,(H,26,27,29);1-2H,(H,5,6)(H,7,8)/t13-;/m0./s1. The monoisotopic (exact) mass is 537 g/mol. The molecule has 0 aromatic carbocycles. The second kappa shape index (κ2) is 12.9. The van der Waals surface area contributed by atoms with Crippen LogP contribution >= 0.6 is 0 Å². The third kappa shape index (κ3) is 8.23. The Hall–Kier alpha value is -4.07. The van der Waals surface area contributed by atoms with Gasteiger partial charge in [0, 0.05) is 49.1 Å². The van der Waals surface area contributed by atoms with E-state index in [2.05, 4.69) is 20.5 Å². The Balaban J connectivity index is 0.000000436. The lowest BCUT2D eigenvalue weighted by atomic mass is 9.96. The molecule has 1 amide bonds. The Bertz CT molecular complexity index is 1160. The minimum absolute atomic E-state index is 0.110. The van der Waals surface area contributed by atoms with Gasteiger partial charge in [0.15, 0.2) is 5.82 Å². The molecule has 0 unspecified atom stereocenters. The summed E-state index contributed by atoms with van der Waals surface area (Å²) in [5, 5.41) is 25.9. The van der Waals surface area contributed by atoms with Gasteiger partial charge in [0.05, 0.1) is 19.1 Å². The molecule has 38 heavy (non-hydrogen) atoms. The zero-order valence-electron chi connectivity index (χ0n) is 20.1. The third-order valence-corrected chi connectivity index (χ3v) is 5.81. The number of halogens is 3. The lowest BCUT2D eigenvalue weighted by molar-refractivity contribution is -0.176. The number of carboxylic acids is 2. The maximum absolute atomic E-state index is 13.3. The van der Waals surface area contributed by atoms with E-state index in [4.69, 9.17) is 14.9 Å². The van der Waals surface area contributed by atoms with E-state index in [9.17, 15) is 27.6 Å². The second-order valence-electron chi connectivity index (χ2n) is 8.47. The van der Waals surface area contributed by atoms with Gasteiger partial charge in [0.2, 0.25) is 0 Å². The molecule has 1 atom stereocenters. The highest BCUT2D eigenvalue weighted by Crippen LogP contribution is 2.35. The molecule has 0 bridgehead atoms. The number of nitrogens with zero attached hydrogens (tertiary/aromatic N) is 4. The number of aliphatic carboxylic acids is 2. The molecule has 1 saturated heterocycles. The molecular weight excluding hydrogens is 511 g/mol. The van der Waals surface area contributed by atoms with Crippen LogP contribution in [0.15, 0.2) is 36.5 Å². The van der Waals surface area contributed by atoms with Crippen molar-refractivity contribution >= 4 is 29.5 Å². The minimum atomic E-state index is -4.25. The number of hydrogen-bond donors (Lipinski definition) is 3. The van der Waals surface area contributed by atoms with Crippen LogP contribution in [0.1, 0.15) is 34.5 Å². The van der Waals surface area contributed by atoms with Gasteiger partial charge < -0.3 is 25.2 Å². The van der Waals surface area contributed by atoms with Gasteiger partial charge in [0.25, 0.3) is 5.91 Å². The number of piperidine rings is 1. The first-order chi connectivity index (χ1) is 18.0. The van der Waals surface area contributed by atoms with Gasteiger partial charge >= 0.3 is 18.1 Å². The van der Waals surface area contributed by atoms with E-state index in [-0.39, 0.29) is 18.9 Å². The topological polar surface area (TPSA) is 155 Å². The smallest absolute Gasteiger partial charge is 0.393 e. The zero-order valence-corrected chi connectivity index (χ0v) is 20.1. The molecule has 204 valence electrons. The fourth-order valence-electron chi connectivity index (χ4n) is 4.05. The first-order valence-electron chi connectivity index (χ1n) is 11.7. The van der Waals surface area contributed by atoms with Gasteiger partial charge in [-0.3, -0.25) is 4.79 Å². The first kappa shape index (κ1) is 28.5. The molecule has 2 aromatic rings. The van der Waals surface area contributed by atoms with Crippen molar-refractivity contribution in [1.82, 2.24) is 15.2 Å². The molecule has 0 saturated carbocycles. The lowest BCUT2D eigenvalue weighted by Crippen LogP contribution is -2.42. The predicted molar refractivity (Wildman–Crippen MR) is 128 cm³/mol. The first-order valence-corrected chi connectivity index (χ1v) is 11.7. The van der Waals surface area contributed by atoms with E-state index in [1.54, 1.807) is 23.1 Å². The number of carboxylic acid groups (broad SMARTS) is 2. The number of hydrogen-bond acceptors (Lipinski definition) is 8. The van der Waals surface area contributed by atoms with Crippen LogP contribution < -0.4 is 10.2 Å². The fourth-order valence-corrected chi connectivity index (χ4v) is 4.05. The summed E-state index contributed by atoms with van der Waals surface area (Å²) in [4.78, 5) is 38.4. The van der Waals surface area contributed by atoms with Crippen LogP contribution in [-0.4, -0.2) is 75.7 Å². The Labute approximate surface area is 215 Å². The quantitative estimate of drug-likeness (QED) is 0.485. The average molecular weight is 537 g/mol. The van der Waals surface area contributed by atoms with Gasteiger partial charge in [-0.05, 0) is 43.0 Å². The third-order valence-electron chi connectivity index (χ3n) is 5.81. The Kier molecular flexibility index (Phi) is 9.71. The number of alkyl halides is 3. The van der Waals surface area contributed by atoms with Gasteiger partial charge in [-0.25, -0.2) is 14.6 Å². The molecule has 0 aliphatic carbocycles. The van der Waals surface area contributed by atoms with Gasteiger partial charge in [0.1, 0.15) is 5.82 Å². The SMILES string of the molecule is O=C(Nc1cccnn1)c1cc(N2CCC[C@H](C(F)(F)F)C2)nc2c1CCOCC2.O=C(O)C=CC(=O)O. The van der Waals surface area contributed by atoms with Crippen LogP contribution in [0.5, 0.6) is 0 Å². The molecule has 11 nitrogen and oxygen atoms in total. The van der Waals surface area contributed by atoms with Crippen molar-refractivity contribution in [2.24, 2.45) is 5.92 Å². The molecular formula is C24H26F3N5O6. The largest absolute Gasteiger partial charge is 0.478 e. The molecule has 2 aliphatic heterocycles. The van der Waals surface area contributed by atoms with Crippen molar-refractivity contribution in [2.75, 3.05) is 36.5 Å². The van der Waals surface area contributed by atoms with Crippen LogP contribution in [0.2, 0.25) is 0 Å².